The van der Waals surface area contributed by atoms with E-state index in [4.69, 9.17) is 0 Å². The largest absolute Gasteiger partial charge is 0.311 e. The fourth-order valence-electron chi connectivity index (χ4n) is 4.69. The molecule has 3 aromatic carbocycles. The fourth-order valence-corrected chi connectivity index (χ4v) is 4.69. The molecule has 0 atom stereocenters. The third kappa shape index (κ3) is 4.87. The Bertz CT molecular complexity index is 1500. The Morgan fingerprint density at radius 2 is 1.67 bits per heavy atom. The Labute approximate surface area is 212 Å². The first kappa shape index (κ1) is 25.1. The Morgan fingerprint density at radius 3 is 2.33 bits per heavy atom. The second kappa shape index (κ2) is 10.3. The number of pyridine rings is 1. The molecule has 4 aromatic rings. The van der Waals surface area contributed by atoms with Crippen molar-refractivity contribution in [2.75, 3.05) is 11.9 Å². The van der Waals surface area contributed by atoms with E-state index in [2.05, 4.69) is 0 Å². The third-order valence-corrected chi connectivity index (χ3v) is 6.65. The van der Waals surface area contributed by atoms with E-state index in [-0.39, 0.29) is 29.6 Å². The summed E-state index contributed by atoms with van der Waals surface area (Å²) in [4.78, 5) is 41.1. The lowest BCUT2D eigenvalue weighted by molar-refractivity contribution is 0.0991. The van der Waals surface area contributed by atoms with Crippen LogP contribution in [0, 0.1) is 6.92 Å². The number of ketones is 1. The molecule has 0 aliphatic carbocycles. The van der Waals surface area contributed by atoms with Gasteiger partial charge < -0.3 is 9.47 Å². The second-order valence-corrected chi connectivity index (χ2v) is 9.54. The van der Waals surface area contributed by atoms with Gasteiger partial charge in [-0.25, -0.2) is 0 Å². The van der Waals surface area contributed by atoms with Gasteiger partial charge in [-0.05, 0) is 61.2 Å². The van der Waals surface area contributed by atoms with Crippen molar-refractivity contribution in [3.63, 3.8) is 0 Å². The Balaban J connectivity index is 1.74. The van der Waals surface area contributed by atoms with E-state index < -0.39 is 0 Å². The molecule has 0 aliphatic rings. The van der Waals surface area contributed by atoms with Crippen molar-refractivity contribution in [2.24, 2.45) is 0 Å². The lowest BCUT2D eigenvalue weighted by atomic mass is 9.96. The summed E-state index contributed by atoms with van der Waals surface area (Å²) in [6.45, 7) is 8.52. The molecule has 0 fully saturated rings. The van der Waals surface area contributed by atoms with Crippen LogP contribution >= 0.6 is 0 Å². The smallest absolute Gasteiger partial charge is 0.258 e. The van der Waals surface area contributed by atoms with E-state index >= 15 is 0 Å². The first-order valence-electron chi connectivity index (χ1n) is 12.3. The molecule has 1 heterocycles. The van der Waals surface area contributed by atoms with E-state index in [0.29, 0.717) is 23.4 Å². The highest BCUT2D eigenvalue weighted by molar-refractivity contribution is 6.12. The molecule has 4 rings (SSSR count). The third-order valence-electron chi connectivity index (χ3n) is 6.65. The van der Waals surface area contributed by atoms with E-state index in [1.54, 1.807) is 28.6 Å². The number of nitrogens with zero attached hydrogens (tertiary/aromatic N) is 2. The molecule has 0 aliphatic heterocycles. The number of Topliss-reactive ketones (excluding diaryl/α,β-unsaturated/α-hetero) is 1. The van der Waals surface area contributed by atoms with Crippen LogP contribution in [0.3, 0.4) is 0 Å². The minimum absolute atomic E-state index is 0.0351. The average Bonchev–Trinajstić information content (AvgIpc) is 2.87. The number of amides is 1. The van der Waals surface area contributed by atoms with Gasteiger partial charge in [0.25, 0.3) is 11.5 Å². The predicted molar refractivity (Wildman–Crippen MR) is 146 cm³/mol. The first-order chi connectivity index (χ1) is 17.2. The van der Waals surface area contributed by atoms with Crippen LogP contribution in [-0.2, 0) is 13.0 Å². The van der Waals surface area contributed by atoms with Crippen LogP contribution in [0.5, 0.6) is 0 Å². The summed E-state index contributed by atoms with van der Waals surface area (Å²) >= 11 is 0. The maximum Gasteiger partial charge on any atom is 0.258 e. The summed E-state index contributed by atoms with van der Waals surface area (Å²) in [6, 6.07) is 22.4. The van der Waals surface area contributed by atoms with Gasteiger partial charge in [0.2, 0.25) is 0 Å². The van der Waals surface area contributed by atoms with Crippen molar-refractivity contribution in [2.45, 2.75) is 46.6 Å². The number of benzene rings is 3. The van der Waals surface area contributed by atoms with Crippen molar-refractivity contribution in [1.82, 2.24) is 4.57 Å². The predicted octanol–water partition coefficient (Wildman–Crippen LogP) is 6.16. The van der Waals surface area contributed by atoms with Gasteiger partial charge in [-0.2, -0.15) is 0 Å². The number of rotatable bonds is 7. The molecule has 0 radical (unpaired) electrons. The zero-order chi connectivity index (χ0) is 26.0. The van der Waals surface area contributed by atoms with Gasteiger partial charge in [0.15, 0.2) is 5.78 Å². The minimum Gasteiger partial charge on any atom is -0.311 e. The molecule has 0 saturated heterocycles. The van der Waals surface area contributed by atoms with Gasteiger partial charge >= 0.3 is 0 Å². The Hall–Kier alpha value is -3.99. The van der Waals surface area contributed by atoms with Crippen LogP contribution < -0.4 is 10.5 Å². The average molecular weight is 481 g/mol. The highest BCUT2D eigenvalue weighted by atomic mass is 16.2. The molecule has 184 valence electrons. The summed E-state index contributed by atoms with van der Waals surface area (Å²) in [5, 5.41) is 0.898. The minimum atomic E-state index is -0.210. The van der Waals surface area contributed by atoms with Crippen LogP contribution in [0.25, 0.3) is 10.9 Å². The van der Waals surface area contributed by atoms with Crippen LogP contribution in [-0.4, -0.2) is 23.3 Å². The highest BCUT2D eigenvalue weighted by Crippen LogP contribution is 2.28. The van der Waals surface area contributed by atoms with E-state index in [9.17, 15) is 14.4 Å². The van der Waals surface area contributed by atoms with Crippen molar-refractivity contribution in [3.8, 4) is 0 Å². The van der Waals surface area contributed by atoms with Gasteiger partial charge in [-0.3, -0.25) is 14.4 Å². The molecular formula is C31H32N2O3. The highest BCUT2D eigenvalue weighted by Gasteiger charge is 2.22. The molecule has 5 nitrogen and oxygen atoms in total. The summed E-state index contributed by atoms with van der Waals surface area (Å²) in [6.07, 6.45) is 0.265. The number of aryl methyl sites for hydroxylation is 2. The van der Waals surface area contributed by atoms with Gasteiger partial charge in [0, 0.05) is 42.6 Å². The molecule has 5 heteroatoms. The van der Waals surface area contributed by atoms with E-state index in [1.165, 1.54) is 0 Å². The Kier molecular flexibility index (Phi) is 7.20. The molecule has 36 heavy (non-hydrogen) atoms. The van der Waals surface area contributed by atoms with Crippen LogP contribution in [0.15, 0.2) is 77.6 Å². The molecule has 0 unspecified atom stereocenters. The summed E-state index contributed by atoms with van der Waals surface area (Å²) in [7, 11) is 1.70. The Morgan fingerprint density at radius 1 is 0.944 bits per heavy atom. The van der Waals surface area contributed by atoms with E-state index in [1.807, 2.05) is 88.4 Å². The van der Waals surface area contributed by atoms with Gasteiger partial charge in [-0.1, -0.05) is 55.8 Å². The molecule has 0 bridgehead atoms. The van der Waals surface area contributed by atoms with Crippen molar-refractivity contribution >= 4 is 28.3 Å². The maximum atomic E-state index is 13.7. The van der Waals surface area contributed by atoms with Gasteiger partial charge in [0.1, 0.15) is 0 Å². The number of aromatic nitrogens is 1. The zero-order valence-corrected chi connectivity index (χ0v) is 21.5. The van der Waals surface area contributed by atoms with E-state index in [0.717, 1.165) is 27.6 Å². The molecule has 1 amide bonds. The summed E-state index contributed by atoms with van der Waals surface area (Å²) < 4.78 is 1.72. The standard InChI is InChI=1S/C31H32N2O3/c1-6-33-28-15-13-23(18-25(28)24(20(2)3)19-30(33)35)31(36)32(5)27-14-12-21(4)16-26(27)29(34)17-22-10-8-7-9-11-22/h7-16,18-20H,6,17H2,1-5H3. The number of hydrogen-bond acceptors (Lipinski definition) is 3. The topological polar surface area (TPSA) is 59.4 Å². The molecule has 1 aromatic heterocycles. The normalized spacial score (nSPS) is 11.2. The quantitative estimate of drug-likeness (QED) is 0.298. The summed E-state index contributed by atoms with van der Waals surface area (Å²) in [5.74, 6) is -0.111. The van der Waals surface area contributed by atoms with Crippen molar-refractivity contribution < 1.29 is 9.59 Å². The first-order valence-corrected chi connectivity index (χ1v) is 12.3. The molecule has 0 spiro atoms. The van der Waals surface area contributed by atoms with Gasteiger partial charge in [0.05, 0.1) is 11.2 Å². The SMILES string of the molecule is CCn1c(=O)cc(C(C)C)c2cc(C(=O)N(C)c3ccc(C)cc3C(=O)Cc3ccccc3)ccc21. The van der Waals surface area contributed by atoms with Gasteiger partial charge in [-0.15, -0.1) is 0 Å². The number of carbonyl (C=O) groups excluding carboxylic acids is 2. The fraction of sp³-hybridized carbons (Fsp3) is 0.258. The van der Waals surface area contributed by atoms with Crippen LogP contribution in [0.4, 0.5) is 5.69 Å². The number of anilines is 1. The molecule has 0 N–H and O–H groups in total. The number of fused-ring (bicyclic) bond motifs is 1. The zero-order valence-electron chi connectivity index (χ0n) is 21.5. The van der Waals surface area contributed by atoms with Crippen LogP contribution in [0.1, 0.15) is 64.1 Å². The lowest BCUT2D eigenvalue weighted by Crippen LogP contribution is -2.28. The number of hydrogen-bond donors (Lipinski definition) is 0. The molecular weight excluding hydrogens is 448 g/mol. The lowest BCUT2D eigenvalue weighted by Gasteiger charge is -2.22. The summed E-state index contributed by atoms with van der Waals surface area (Å²) in [5.41, 5.74) is 5.21. The molecule has 0 saturated carbocycles. The van der Waals surface area contributed by atoms with Crippen molar-refractivity contribution in [1.29, 1.82) is 0 Å². The van der Waals surface area contributed by atoms with Crippen molar-refractivity contribution in [3.05, 3.63) is 111 Å². The monoisotopic (exact) mass is 480 g/mol. The maximum absolute atomic E-state index is 13.7. The number of carbonyl (C=O) groups is 2. The second-order valence-electron chi connectivity index (χ2n) is 9.54. The van der Waals surface area contributed by atoms with Crippen LogP contribution in [0.2, 0.25) is 0 Å².